The molecular weight excluding hydrogens is 643 g/mol. The van der Waals surface area contributed by atoms with E-state index in [2.05, 4.69) is 33.3 Å². The molecule has 1 saturated carbocycles. The molecule has 51 heavy (non-hydrogen) atoms. The largest absolute Gasteiger partial charge is 0.382 e. The van der Waals surface area contributed by atoms with E-state index < -0.39 is 17.8 Å². The van der Waals surface area contributed by atoms with Crippen molar-refractivity contribution in [3.8, 4) is 0 Å². The lowest BCUT2D eigenvalue weighted by Crippen LogP contribution is -2.54. The third-order valence-electron chi connectivity index (χ3n) is 12.0. The molecule has 3 aromatic carbocycles. The summed E-state index contributed by atoms with van der Waals surface area (Å²) in [6.45, 7) is 5.38. The van der Waals surface area contributed by atoms with Gasteiger partial charge in [0.15, 0.2) is 0 Å². The highest BCUT2D eigenvalue weighted by molar-refractivity contribution is 5.99. The number of ether oxygens (including phenoxy) is 1. The number of anilines is 2. The Labute approximate surface area is 299 Å². The van der Waals surface area contributed by atoms with Crippen LogP contribution in [0.3, 0.4) is 0 Å². The minimum absolute atomic E-state index is 0.0626. The summed E-state index contributed by atoms with van der Waals surface area (Å²) in [4.78, 5) is 33.4. The van der Waals surface area contributed by atoms with E-state index in [0.717, 1.165) is 93.4 Å². The number of fused-ring (bicyclic) bond motifs is 2. The summed E-state index contributed by atoms with van der Waals surface area (Å²) in [5, 5.41) is 12.6. The van der Waals surface area contributed by atoms with E-state index in [0.29, 0.717) is 29.8 Å². The number of nitrogens with zero attached hydrogens (tertiary/aromatic N) is 4. The van der Waals surface area contributed by atoms with Crippen LogP contribution in [0.4, 0.5) is 15.8 Å². The van der Waals surface area contributed by atoms with Crippen LogP contribution in [0.2, 0.25) is 0 Å². The predicted octanol–water partition coefficient (Wildman–Crippen LogP) is 7.35. The molecular formula is C41H49FN6O3. The second-order valence-corrected chi connectivity index (χ2v) is 15.2. The van der Waals surface area contributed by atoms with Crippen molar-refractivity contribution in [2.24, 2.45) is 11.8 Å². The monoisotopic (exact) mass is 692 g/mol. The van der Waals surface area contributed by atoms with E-state index in [4.69, 9.17) is 9.84 Å². The standard InChI is InChI=1S/C41H49FN6O3/c1-26-5-3-7-35(42)38(26)41(50)47-36-8-4-6-28(36)24-34(39(47)27-9-11-30(12-10-27)44-31-17-21-51-22-18-31)40(49)45-32-13-14-37-29(23-32)25-43-48(37)33-15-19-46(2)20-16-33/h3,5,7,9-14,23,25,28,31,33-34,36,39,44H,4,6,8,15-22,24H2,1-2H3,(H,45,49)/t28-,34+,36-,39+/m1/s1. The second-order valence-electron chi connectivity index (χ2n) is 15.2. The first-order valence-electron chi connectivity index (χ1n) is 18.8. The number of likely N-dealkylation sites (tertiary alicyclic amines) is 2. The van der Waals surface area contributed by atoms with Crippen molar-refractivity contribution in [3.63, 3.8) is 0 Å². The Morgan fingerprint density at radius 3 is 2.45 bits per heavy atom. The number of halogens is 1. The van der Waals surface area contributed by atoms with Crippen LogP contribution in [0, 0.1) is 24.6 Å². The number of aromatic nitrogens is 2. The molecule has 4 fully saturated rings. The Hall–Kier alpha value is -4.28. The van der Waals surface area contributed by atoms with Crippen LogP contribution in [0.5, 0.6) is 0 Å². The van der Waals surface area contributed by atoms with Gasteiger partial charge in [-0.2, -0.15) is 5.10 Å². The number of hydrogen-bond donors (Lipinski definition) is 2. The van der Waals surface area contributed by atoms with E-state index in [9.17, 15) is 9.59 Å². The van der Waals surface area contributed by atoms with Crippen molar-refractivity contribution in [2.45, 2.75) is 82.5 Å². The van der Waals surface area contributed by atoms with Gasteiger partial charge in [-0.05, 0) is 125 Å². The van der Waals surface area contributed by atoms with E-state index in [-0.39, 0.29) is 29.3 Å². The summed E-state index contributed by atoms with van der Waals surface area (Å²) in [6, 6.07) is 19.1. The van der Waals surface area contributed by atoms with Crippen molar-refractivity contribution in [1.82, 2.24) is 19.6 Å². The molecule has 268 valence electrons. The number of aryl methyl sites for hydroxylation is 1. The molecule has 0 unspecified atom stereocenters. The summed E-state index contributed by atoms with van der Waals surface area (Å²) >= 11 is 0. The lowest BCUT2D eigenvalue weighted by Gasteiger charge is -2.48. The Bertz CT molecular complexity index is 1860. The zero-order valence-corrected chi connectivity index (χ0v) is 29.7. The maximum Gasteiger partial charge on any atom is 0.257 e. The van der Waals surface area contributed by atoms with Gasteiger partial charge < -0.3 is 25.2 Å². The van der Waals surface area contributed by atoms with Crippen LogP contribution in [0.15, 0.2) is 66.9 Å². The molecule has 1 aromatic heterocycles. The number of rotatable bonds is 7. The highest BCUT2D eigenvalue weighted by atomic mass is 19.1. The molecule has 0 spiro atoms. The Kier molecular flexibility index (Phi) is 9.55. The van der Waals surface area contributed by atoms with Crippen LogP contribution in [0.1, 0.15) is 84.9 Å². The number of benzene rings is 3. The van der Waals surface area contributed by atoms with Gasteiger partial charge in [0.25, 0.3) is 5.91 Å². The average Bonchev–Trinajstić information content (AvgIpc) is 3.79. The maximum absolute atomic E-state index is 15.5. The van der Waals surface area contributed by atoms with Gasteiger partial charge in [0.2, 0.25) is 5.91 Å². The minimum atomic E-state index is -0.552. The number of amides is 2. The molecule has 4 atom stereocenters. The third-order valence-corrected chi connectivity index (χ3v) is 12.0. The molecule has 2 amide bonds. The fraction of sp³-hybridized carbons (Fsp3) is 0.488. The van der Waals surface area contributed by atoms with Gasteiger partial charge in [-0.3, -0.25) is 14.3 Å². The molecule has 9 nitrogen and oxygen atoms in total. The van der Waals surface area contributed by atoms with Crippen LogP contribution in [-0.2, 0) is 9.53 Å². The molecule has 0 bridgehead atoms. The van der Waals surface area contributed by atoms with Crippen LogP contribution in [0.25, 0.3) is 10.9 Å². The van der Waals surface area contributed by atoms with Gasteiger partial charge in [-0.25, -0.2) is 4.39 Å². The van der Waals surface area contributed by atoms with Gasteiger partial charge in [0, 0.05) is 42.1 Å². The van der Waals surface area contributed by atoms with Crippen molar-refractivity contribution in [2.75, 3.05) is 44.0 Å². The zero-order valence-electron chi connectivity index (χ0n) is 29.7. The van der Waals surface area contributed by atoms with E-state index in [1.165, 1.54) is 6.07 Å². The number of carbonyl (C=O) groups is 2. The average molecular weight is 693 g/mol. The molecule has 2 N–H and O–H groups in total. The number of piperidine rings is 2. The van der Waals surface area contributed by atoms with E-state index in [1.54, 1.807) is 19.1 Å². The van der Waals surface area contributed by atoms with Crippen LogP contribution >= 0.6 is 0 Å². The normalized spacial score (nSPS) is 24.8. The first kappa shape index (κ1) is 33.8. The Morgan fingerprint density at radius 2 is 1.69 bits per heavy atom. The van der Waals surface area contributed by atoms with Gasteiger partial charge in [-0.15, -0.1) is 0 Å². The van der Waals surface area contributed by atoms with Crippen molar-refractivity contribution < 1.29 is 18.7 Å². The molecule has 4 heterocycles. The molecule has 10 heteroatoms. The Balaban J connectivity index is 1.11. The van der Waals surface area contributed by atoms with E-state index >= 15 is 4.39 Å². The first-order valence-corrected chi connectivity index (χ1v) is 18.8. The SMILES string of the molecule is Cc1cccc(F)c1C(=O)N1[C@@H]2CCC[C@@H]2C[C@H](C(=O)Nc2ccc3c(cnn3C3CCN(C)CC3)c2)[C@@H]1c1ccc(NC2CCOCC2)cc1. The number of nitrogens with one attached hydrogen (secondary N) is 2. The highest BCUT2D eigenvalue weighted by Crippen LogP contribution is 2.49. The van der Waals surface area contributed by atoms with Crippen LogP contribution < -0.4 is 10.6 Å². The first-order chi connectivity index (χ1) is 24.8. The molecule has 8 rings (SSSR count). The van der Waals surface area contributed by atoms with Gasteiger partial charge >= 0.3 is 0 Å². The predicted molar refractivity (Wildman–Crippen MR) is 197 cm³/mol. The smallest absolute Gasteiger partial charge is 0.257 e. The van der Waals surface area contributed by atoms with Crippen molar-refractivity contribution in [3.05, 3.63) is 89.4 Å². The summed E-state index contributed by atoms with van der Waals surface area (Å²) in [6.07, 6.45) is 9.34. The number of carbonyl (C=O) groups excluding carboxylic acids is 2. The lowest BCUT2D eigenvalue weighted by atomic mass is 9.76. The third kappa shape index (κ3) is 6.76. The maximum atomic E-state index is 15.5. The molecule has 4 aromatic rings. The van der Waals surface area contributed by atoms with Crippen LogP contribution in [-0.4, -0.2) is 76.8 Å². The zero-order chi connectivity index (χ0) is 35.1. The lowest BCUT2D eigenvalue weighted by molar-refractivity contribution is -0.125. The fourth-order valence-corrected chi connectivity index (χ4v) is 9.22. The molecule has 0 radical (unpaired) electrons. The molecule has 3 aliphatic heterocycles. The summed E-state index contributed by atoms with van der Waals surface area (Å²) in [5.41, 5.74) is 4.36. The van der Waals surface area contributed by atoms with Gasteiger partial charge in [-0.1, -0.05) is 30.7 Å². The number of hydrogen-bond acceptors (Lipinski definition) is 6. The minimum Gasteiger partial charge on any atom is -0.382 e. The Morgan fingerprint density at radius 1 is 0.922 bits per heavy atom. The van der Waals surface area contributed by atoms with E-state index in [1.807, 2.05) is 47.5 Å². The molecule has 1 aliphatic carbocycles. The van der Waals surface area contributed by atoms with Crippen molar-refractivity contribution >= 4 is 34.1 Å². The summed E-state index contributed by atoms with van der Waals surface area (Å²) in [7, 11) is 2.16. The molecule has 4 aliphatic rings. The quantitative estimate of drug-likeness (QED) is 0.211. The van der Waals surface area contributed by atoms with Crippen molar-refractivity contribution in [1.29, 1.82) is 0 Å². The van der Waals surface area contributed by atoms with Gasteiger partial charge in [0.1, 0.15) is 5.82 Å². The topological polar surface area (TPSA) is 91.7 Å². The highest BCUT2D eigenvalue weighted by Gasteiger charge is 2.50. The summed E-state index contributed by atoms with van der Waals surface area (Å²) in [5.74, 6) is -1.34. The summed E-state index contributed by atoms with van der Waals surface area (Å²) < 4.78 is 23.1. The fourth-order valence-electron chi connectivity index (χ4n) is 9.22. The van der Waals surface area contributed by atoms with Gasteiger partial charge in [0.05, 0.1) is 35.3 Å². The second kappa shape index (κ2) is 14.4. The molecule has 3 saturated heterocycles.